The van der Waals surface area contributed by atoms with Crippen LogP contribution in [-0.2, 0) is 6.42 Å². The van der Waals surface area contributed by atoms with Crippen LogP contribution in [0.2, 0.25) is 0 Å². The normalized spacial score (nSPS) is 15.2. The molecule has 0 unspecified atom stereocenters. The molecule has 0 atom stereocenters. The standard InChI is InChI=1S/C24H25BrN2O/c1-3-17-4-6-18(7-5-17)23-15-21(20-14-19(25)8-9-22(20)26-23)24(28)27-12-10-16(2)11-13-27/h4-9,14-16H,3,10-13H2,1-2H3. The van der Waals surface area contributed by atoms with Gasteiger partial charge in [-0.2, -0.15) is 0 Å². The Morgan fingerprint density at radius 2 is 1.82 bits per heavy atom. The minimum Gasteiger partial charge on any atom is -0.339 e. The van der Waals surface area contributed by atoms with Crippen LogP contribution in [0.3, 0.4) is 0 Å². The molecule has 0 bridgehead atoms. The second-order valence-corrected chi connectivity index (χ2v) is 8.66. The number of rotatable bonds is 3. The number of piperidine rings is 1. The van der Waals surface area contributed by atoms with Crippen molar-refractivity contribution in [3.05, 3.63) is 64.1 Å². The highest BCUT2D eigenvalue weighted by Gasteiger charge is 2.24. The number of carbonyl (C=O) groups is 1. The van der Waals surface area contributed by atoms with Gasteiger partial charge in [0, 0.05) is 28.5 Å². The number of hydrogen-bond acceptors (Lipinski definition) is 2. The van der Waals surface area contributed by atoms with Gasteiger partial charge in [-0.1, -0.05) is 54.0 Å². The van der Waals surface area contributed by atoms with Crippen molar-refractivity contribution in [2.45, 2.75) is 33.1 Å². The van der Waals surface area contributed by atoms with E-state index in [2.05, 4.69) is 54.0 Å². The molecule has 1 aliphatic heterocycles. The molecule has 0 aliphatic carbocycles. The van der Waals surface area contributed by atoms with Gasteiger partial charge in [0.05, 0.1) is 16.8 Å². The maximum atomic E-state index is 13.4. The number of benzene rings is 2. The summed E-state index contributed by atoms with van der Waals surface area (Å²) >= 11 is 3.55. The van der Waals surface area contributed by atoms with E-state index in [1.54, 1.807) is 0 Å². The van der Waals surface area contributed by atoms with E-state index in [1.165, 1.54) is 5.56 Å². The summed E-state index contributed by atoms with van der Waals surface area (Å²) in [7, 11) is 0. The van der Waals surface area contributed by atoms with Crippen molar-refractivity contribution in [1.82, 2.24) is 9.88 Å². The fraction of sp³-hybridized carbons (Fsp3) is 0.333. The highest BCUT2D eigenvalue weighted by Crippen LogP contribution is 2.29. The zero-order valence-electron chi connectivity index (χ0n) is 16.4. The minimum absolute atomic E-state index is 0.115. The van der Waals surface area contributed by atoms with E-state index in [1.807, 2.05) is 29.2 Å². The SMILES string of the molecule is CCc1ccc(-c2cc(C(=O)N3CCC(C)CC3)c3cc(Br)ccc3n2)cc1. The molecule has 3 aromatic rings. The summed E-state index contributed by atoms with van der Waals surface area (Å²) in [5.74, 6) is 0.809. The van der Waals surface area contributed by atoms with E-state index in [0.29, 0.717) is 5.92 Å². The molecular weight excluding hydrogens is 412 g/mol. The summed E-state index contributed by atoms with van der Waals surface area (Å²) in [4.78, 5) is 20.2. The molecule has 0 N–H and O–H groups in total. The van der Waals surface area contributed by atoms with Gasteiger partial charge in [0.2, 0.25) is 0 Å². The average molecular weight is 437 g/mol. The van der Waals surface area contributed by atoms with E-state index in [9.17, 15) is 4.79 Å². The lowest BCUT2D eigenvalue weighted by atomic mass is 9.97. The second kappa shape index (κ2) is 8.04. The first kappa shape index (κ1) is 19.1. The van der Waals surface area contributed by atoms with Crippen LogP contribution in [0.15, 0.2) is 53.0 Å². The molecule has 0 saturated carbocycles. The van der Waals surface area contributed by atoms with E-state index in [0.717, 1.165) is 64.5 Å². The molecule has 144 valence electrons. The molecule has 0 spiro atoms. The lowest BCUT2D eigenvalue weighted by molar-refractivity contribution is 0.0699. The van der Waals surface area contributed by atoms with Crippen molar-refractivity contribution >= 4 is 32.7 Å². The molecule has 1 fully saturated rings. The Bertz CT molecular complexity index is 1010. The number of amides is 1. The van der Waals surface area contributed by atoms with Crippen LogP contribution >= 0.6 is 15.9 Å². The zero-order valence-corrected chi connectivity index (χ0v) is 18.0. The number of aryl methyl sites for hydroxylation is 1. The fourth-order valence-corrected chi connectivity index (χ4v) is 4.18. The summed E-state index contributed by atoms with van der Waals surface area (Å²) in [5, 5.41) is 0.909. The Labute approximate surface area is 174 Å². The fourth-order valence-electron chi connectivity index (χ4n) is 3.82. The van der Waals surface area contributed by atoms with Crippen molar-refractivity contribution in [2.75, 3.05) is 13.1 Å². The van der Waals surface area contributed by atoms with Gasteiger partial charge in [-0.05, 0) is 55.0 Å². The number of fused-ring (bicyclic) bond motifs is 1. The summed E-state index contributed by atoms with van der Waals surface area (Å²) in [6.45, 7) is 6.08. The van der Waals surface area contributed by atoms with E-state index in [4.69, 9.17) is 4.98 Å². The number of nitrogens with zero attached hydrogens (tertiary/aromatic N) is 2. The lowest BCUT2D eigenvalue weighted by Crippen LogP contribution is -2.38. The Morgan fingerprint density at radius 1 is 1.11 bits per heavy atom. The monoisotopic (exact) mass is 436 g/mol. The number of hydrogen-bond donors (Lipinski definition) is 0. The molecule has 0 radical (unpaired) electrons. The highest BCUT2D eigenvalue weighted by atomic mass is 79.9. The van der Waals surface area contributed by atoms with Crippen LogP contribution < -0.4 is 0 Å². The molecular formula is C24H25BrN2O. The van der Waals surface area contributed by atoms with Crippen LogP contribution in [0, 0.1) is 5.92 Å². The van der Waals surface area contributed by atoms with Crippen LogP contribution in [0.5, 0.6) is 0 Å². The summed E-state index contributed by atoms with van der Waals surface area (Å²) < 4.78 is 0.961. The molecule has 4 rings (SSSR count). The molecule has 1 amide bonds. The molecule has 2 heterocycles. The minimum atomic E-state index is 0.115. The average Bonchev–Trinajstić information content (AvgIpc) is 2.73. The number of aromatic nitrogens is 1. The predicted octanol–water partition coefficient (Wildman–Crippen LogP) is 6.10. The summed E-state index contributed by atoms with van der Waals surface area (Å²) in [5.41, 5.74) is 4.80. The molecule has 1 aromatic heterocycles. The summed E-state index contributed by atoms with van der Waals surface area (Å²) in [6, 6.07) is 16.4. The van der Waals surface area contributed by atoms with Crippen molar-refractivity contribution in [2.24, 2.45) is 5.92 Å². The van der Waals surface area contributed by atoms with Crippen molar-refractivity contribution in [1.29, 1.82) is 0 Å². The van der Waals surface area contributed by atoms with Crippen LogP contribution in [0.1, 0.15) is 42.6 Å². The number of halogens is 1. The Balaban J connectivity index is 1.80. The number of carbonyl (C=O) groups excluding carboxylic acids is 1. The Morgan fingerprint density at radius 3 is 2.50 bits per heavy atom. The van der Waals surface area contributed by atoms with Crippen molar-refractivity contribution in [3.63, 3.8) is 0 Å². The molecule has 2 aromatic carbocycles. The van der Waals surface area contributed by atoms with Gasteiger partial charge in [0.15, 0.2) is 0 Å². The van der Waals surface area contributed by atoms with Crippen molar-refractivity contribution in [3.8, 4) is 11.3 Å². The molecule has 3 nitrogen and oxygen atoms in total. The van der Waals surface area contributed by atoms with Gasteiger partial charge in [0.25, 0.3) is 5.91 Å². The van der Waals surface area contributed by atoms with E-state index in [-0.39, 0.29) is 5.91 Å². The maximum absolute atomic E-state index is 13.4. The van der Waals surface area contributed by atoms with Crippen molar-refractivity contribution < 1.29 is 4.79 Å². The van der Waals surface area contributed by atoms with Gasteiger partial charge in [-0.3, -0.25) is 4.79 Å². The molecule has 1 aliphatic rings. The summed E-state index contributed by atoms with van der Waals surface area (Å²) in [6.07, 6.45) is 3.16. The van der Waals surface area contributed by atoms with Gasteiger partial charge in [-0.15, -0.1) is 0 Å². The molecule has 4 heteroatoms. The van der Waals surface area contributed by atoms with Crippen LogP contribution in [0.4, 0.5) is 0 Å². The Kier molecular flexibility index (Phi) is 5.49. The van der Waals surface area contributed by atoms with Gasteiger partial charge in [-0.25, -0.2) is 4.98 Å². The maximum Gasteiger partial charge on any atom is 0.254 e. The first-order chi connectivity index (χ1) is 13.5. The third kappa shape index (κ3) is 3.83. The zero-order chi connectivity index (χ0) is 19.7. The second-order valence-electron chi connectivity index (χ2n) is 7.74. The smallest absolute Gasteiger partial charge is 0.254 e. The predicted molar refractivity (Wildman–Crippen MR) is 119 cm³/mol. The number of likely N-dealkylation sites (tertiary alicyclic amines) is 1. The van der Waals surface area contributed by atoms with Crippen LogP contribution in [-0.4, -0.2) is 28.9 Å². The quantitative estimate of drug-likeness (QED) is 0.496. The molecule has 28 heavy (non-hydrogen) atoms. The molecule has 1 saturated heterocycles. The third-order valence-electron chi connectivity index (χ3n) is 5.73. The number of pyridine rings is 1. The van der Waals surface area contributed by atoms with Gasteiger partial charge in [0.1, 0.15) is 0 Å². The van der Waals surface area contributed by atoms with Crippen LogP contribution in [0.25, 0.3) is 22.2 Å². The largest absolute Gasteiger partial charge is 0.339 e. The third-order valence-corrected chi connectivity index (χ3v) is 6.22. The Hall–Kier alpha value is -2.20. The van der Waals surface area contributed by atoms with Gasteiger partial charge >= 0.3 is 0 Å². The van der Waals surface area contributed by atoms with E-state index < -0.39 is 0 Å². The topological polar surface area (TPSA) is 33.2 Å². The lowest BCUT2D eigenvalue weighted by Gasteiger charge is -2.30. The first-order valence-electron chi connectivity index (χ1n) is 10.0. The highest BCUT2D eigenvalue weighted by molar-refractivity contribution is 9.10. The first-order valence-corrected chi connectivity index (χ1v) is 10.8. The van der Waals surface area contributed by atoms with E-state index >= 15 is 0 Å². The van der Waals surface area contributed by atoms with Gasteiger partial charge < -0.3 is 4.90 Å².